The number of carbonyl (C=O) groups is 1. The Bertz CT molecular complexity index is 638. The third-order valence-electron chi connectivity index (χ3n) is 2.67. The van der Waals surface area contributed by atoms with Crippen LogP contribution in [0.2, 0.25) is 0 Å². The maximum absolute atomic E-state index is 12.6. The summed E-state index contributed by atoms with van der Waals surface area (Å²) in [6, 6.07) is 7.76. The number of carboxylic acids is 1. The molecule has 6 heteroatoms. The highest BCUT2D eigenvalue weighted by atomic mass is 19.4. The van der Waals surface area contributed by atoms with Crippen molar-refractivity contribution >= 4 is 5.97 Å². The van der Waals surface area contributed by atoms with Gasteiger partial charge in [-0.05, 0) is 29.8 Å². The molecule has 0 unspecified atom stereocenters. The van der Waals surface area contributed by atoms with Crippen molar-refractivity contribution in [2.24, 2.45) is 0 Å². The molecule has 1 aromatic heterocycles. The van der Waals surface area contributed by atoms with Crippen molar-refractivity contribution in [1.82, 2.24) is 4.98 Å². The fourth-order valence-corrected chi connectivity index (χ4v) is 1.77. The molecule has 0 saturated carbocycles. The van der Waals surface area contributed by atoms with Crippen LogP contribution in [0.15, 0.2) is 42.6 Å². The topological polar surface area (TPSA) is 50.2 Å². The summed E-state index contributed by atoms with van der Waals surface area (Å²) in [6.45, 7) is 0. The first-order valence-electron chi connectivity index (χ1n) is 5.70. The van der Waals surface area contributed by atoms with Gasteiger partial charge in [0.2, 0.25) is 0 Å². The third kappa shape index (κ3) is 3.34. The number of hydrogen-bond acceptors (Lipinski definition) is 2. The fourth-order valence-electron chi connectivity index (χ4n) is 1.77. The second-order valence-corrected chi connectivity index (χ2v) is 4.20. The molecule has 0 radical (unpaired) electrons. The Hall–Kier alpha value is -2.37. The van der Waals surface area contributed by atoms with Crippen LogP contribution in [0.1, 0.15) is 11.1 Å². The molecule has 0 atom stereocenters. The van der Waals surface area contributed by atoms with E-state index in [-0.39, 0.29) is 6.42 Å². The Kier molecular flexibility index (Phi) is 3.74. The van der Waals surface area contributed by atoms with E-state index in [1.165, 1.54) is 30.5 Å². The van der Waals surface area contributed by atoms with Gasteiger partial charge in [0.1, 0.15) is 0 Å². The summed E-state index contributed by atoms with van der Waals surface area (Å²) >= 11 is 0. The molecular formula is C14H10F3NO2. The van der Waals surface area contributed by atoms with Crippen molar-refractivity contribution in [3.8, 4) is 11.3 Å². The standard InChI is InChI=1S/C14H10F3NO2/c15-14(16,17)11-3-1-2-10(8-11)12-6-9(4-5-18-12)7-13(19)20/h1-6,8H,7H2,(H,19,20). The van der Waals surface area contributed by atoms with Crippen LogP contribution in [0.4, 0.5) is 13.2 Å². The molecule has 2 aromatic rings. The van der Waals surface area contributed by atoms with Crippen molar-refractivity contribution < 1.29 is 23.1 Å². The van der Waals surface area contributed by atoms with Crippen molar-refractivity contribution in [3.05, 3.63) is 53.7 Å². The minimum atomic E-state index is -4.42. The lowest BCUT2D eigenvalue weighted by Crippen LogP contribution is -2.05. The first-order valence-corrected chi connectivity index (χ1v) is 5.70. The number of aromatic nitrogens is 1. The Morgan fingerprint density at radius 3 is 2.60 bits per heavy atom. The lowest BCUT2D eigenvalue weighted by molar-refractivity contribution is -0.138. The predicted octanol–water partition coefficient (Wildman–Crippen LogP) is 3.39. The monoisotopic (exact) mass is 281 g/mol. The van der Waals surface area contributed by atoms with Crippen LogP contribution in [0.5, 0.6) is 0 Å². The average molecular weight is 281 g/mol. The smallest absolute Gasteiger partial charge is 0.416 e. The molecule has 1 heterocycles. The summed E-state index contributed by atoms with van der Waals surface area (Å²) in [4.78, 5) is 14.6. The summed E-state index contributed by atoms with van der Waals surface area (Å²) in [5, 5.41) is 8.71. The molecule has 1 N–H and O–H groups in total. The third-order valence-corrected chi connectivity index (χ3v) is 2.67. The molecule has 0 aliphatic heterocycles. The quantitative estimate of drug-likeness (QED) is 0.938. The second kappa shape index (κ2) is 5.32. The van der Waals surface area contributed by atoms with E-state index in [1.54, 1.807) is 0 Å². The molecule has 3 nitrogen and oxygen atoms in total. The number of alkyl halides is 3. The Morgan fingerprint density at radius 1 is 1.20 bits per heavy atom. The summed E-state index contributed by atoms with van der Waals surface area (Å²) in [6.07, 6.45) is -3.24. The number of pyridine rings is 1. The summed E-state index contributed by atoms with van der Waals surface area (Å²) in [7, 11) is 0. The van der Waals surface area contributed by atoms with E-state index in [0.29, 0.717) is 16.8 Å². The van der Waals surface area contributed by atoms with Crippen LogP contribution in [0.3, 0.4) is 0 Å². The van der Waals surface area contributed by atoms with Crippen molar-refractivity contribution in [2.45, 2.75) is 12.6 Å². The molecule has 0 aliphatic carbocycles. The molecule has 20 heavy (non-hydrogen) atoms. The average Bonchev–Trinajstić information content (AvgIpc) is 2.37. The van der Waals surface area contributed by atoms with Gasteiger partial charge in [0.15, 0.2) is 0 Å². The van der Waals surface area contributed by atoms with Crippen LogP contribution >= 0.6 is 0 Å². The molecule has 0 bridgehead atoms. The number of carboxylic acid groups (broad SMARTS) is 1. The molecule has 0 saturated heterocycles. The van der Waals surface area contributed by atoms with Crippen molar-refractivity contribution in [2.75, 3.05) is 0 Å². The van der Waals surface area contributed by atoms with Crippen LogP contribution in [0, 0.1) is 0 Å². The zero-order valence-corrected chi connectivity index (χ0v) is 10.2. The van der Waals surface area contributed by atoms with Crippen molar-refractivity contribution in [3.63, 3.8) is 0 Å². The number of hydrogen-bond donors (Lipinski definition) is 1. The van der Waals surface area contributed by atoms with Gasteiger partial charge < -0.3 is 5.11 Å². The highest BCUT2D eigenvalue weighted by Crippen LogP contribution is 2.31. The molecule has 0 aliphatic rings. The molecule has 104 valence electrons. The summed E-state index contributed by atoms with van der Waals surface area (Å²) in [5.74, 6) is -1.01. The van der Waals surface area contributed by atoms with Gasteiger partial charge >= 0.3 is 12.1 Å². The van der Waals surface area contributed by atoms with E-state index in [9.17, 15) is 18.0 Å². The van der Waals surface area contributed by atoms with E-state index in [2.05, 4.69) is 4.98 Å². The number of aliphatic carboxylic acids is 1. The molecule has 2 rings (SSSR count). The van der Waals surface area contributed by atoms with Gasteiger partial charge in [-0.3, -0.25) is 9.78 Å². The largest absolute Gasteiger partial charge is 0.481 e. The highest BCUT2D eigenvalue weighted by Gasteiger charge is 2.30. The Morgan fingerprint density at radius 2 is 1.95 bits per heavy atom. The zero-order chi connectivity index (χ0) is 14.8. The lowest BCUT2D eigenvalue weighted by Gasteiger charge is -2.09. The van der Waals surface area contributed by atoms with Gasteiger partial charge in [-0.1, -0.05) is 12.1 Å². The minimum Gasteiger partial charge on any atom is -0.481 e. The van der Waals surface area contributed by atoms with E-state index >= 15 is 0 Å². The first kappa shape index (κ1) is 14.0. The molecule has 1 aromatic carbocycles. The maximum Gasteiger partial charge on any atom is 0.416 e. The van der Waals surface area contributed by atoms with Gasteiger partial charge in [-0.2, -0.15) is 13.2 Å². The number of rotatable bonds is 3. The molecule has 0 amide bonds. The SMILES string of the molecule is O=C(O)Cc1ccnc(-c2cccc(C(F)(F)F)c2)c1. The molecular weight excluding hydrogens is 271 g/mol. The van der Waals surface area contributed by atoms with Crippen LogP contribution in [0.25, 0.3) is 11.3 Å². The van der Waals surface area contributed by atoms with Crippen LogP contribution < -0.4 is 0 Å². The van der Waals surface area contributed by atoms with Gasteiger partial charge in [0.25, 0.3) is 0 Å². The lowest BCUT2D eigenvalue weighted by atomic mass is 10.0. The predicted molar refractivity (Wildman–Crippen MR) is 66.0 cm³/mol. The second-order valence-electron chi connectivity index (χ2n) is 4.20. The van der Waals surface area contributed by atoms with Crippen LogP contribution in [-0.2, 0) is 17.4 Å². The Balaban J connectivity index is 2.39. The fraction of sp³-hybridized carbons (Fsp3) is 0.143. The normalized spacial score (nSPS) is 11.3. The van der Waals surface area contributed by atoms with Crippen LogP contribution in [-0.4, -0.2) is 16.1 Å². The first-order chi connectivity index (χ1) is 9.36. The maximum atomic E-state index is 12.6. The number of halogens is 3. The summed E-state index contributed by atoms with van der Waals surface area (Å²) in [5.41, 5.74) is 0.335. The van der Waals surface area contributed by atoms with E-state index in [0.717, 1.165) is 12.1 Å². The summed E-state index contributed by atoms with van der Waals surface area (Å²) < 4.78 is 37.9. The van der Waals surface area contributed by atoms with Gasteiger partial charge in [-0.25, -0.2) is 0 Å². The van der Waals surface area contributed by atoms with E-state index < -0.39 is 17.7 Å². The van der Waals surface area contributed by atoms with Gasteiger partial charge in [0.05, 0.1) is 17.7 Å². The van der Waals surface area contributed by atoms with Gasteiger partial charge in [0, 0.05) is 11.8 Å². The highest BCUT2D eigenvalue weighted by molar-refractivity contribution is 5.71. The van der Waals surface area contributed by atoms with Crippen molar-refractivity contribution in [1.29, 1.82) is 0 Å². The molecule has 0 spiro atoms. The Labute approximate surface area is 112 Å². The molecule has 0 fully saturated rings. The minimum absolute atomic E-state index is 0.200. The van der Waals surface area contributed by atoms with Gasteiger partial charge in [-0.15, -0.1) is 0 Å². The van der Waals surface area contributed by atoms with E-state index in [4.69, 9.17) is 5.11 Å². The van der Waals surface area contributed by atoms with E-state index in [1.807, 2.05) is 0 Å². The number of nitrogens with zero attached hydrogens (tertiary/aromatic N) is 1. The number of benzene rings is 1. The zero-order valence-electron chi connectivity index (χ0n) is 10.2.